The van der Waals surface area contributed by atoms with Crippen molar-refractivity contribution >= 4 is 27.5 Å². The van der Waals surface area contributed by atoms with Crippen LogP contribution in [0.3, 0.4) is 0 Å². The van der Waals surface area contributed by atoms with E-state index in [4.69, 9.17) is 4.74 Å². The van der Waals surface area contributed by atoms with E-state index in [1.807, 2.05) is 0 Å². The second kappa shape index (κ2) is 7.47. The molecule has 1 aliphatic rings. The fraction of sp³-hybridized carbons (Fsp3) is 0.471. The predicted octanol–water partition coefficient (Wildman–Crippen LogP) is 1.43. The van der Waals surface area contributed by atoms with E-state index in [-0.39, 0.29) is 12.2 Å². The minimum absolute atomic E-state index is 0.142. The highest BCUT2D eigenvalue weighted by Gasteiger charge is 2.21. The highest BCUT2D eigenvalue weighted by Crippen LogP contribution is 2.27. The van der Waals surface area contributed by atoms with Crippen LogP contribution < -0.4 is 10.9 Å². The average molecular weight is 362 g/mol. The van der Waals surface area contributed by atoms with Crippen molar-refractivity contribution in [3.05, 3.63) is 39.3 Å². The van der Waals surface area contributed by atoms with E-state index < -0.39 is 5.97 Å². The van der Waals surface area contributed by atoms with Gasteiger partial charge in [0.2, 0.25) is 0 Å². The summed E-state index contributed by atoms with van der Waals surface area (Å²) in [5.41, 5.74) is 0.407. The van der Waals surface area contributed by atoms with Crippen LogP contribution >= 0.6 is 11.3 Å². The second-order valence-electron chi connectivity index (χ2n) is 6.23. The summed E-state index contributed by atoms with van der Waals surface area (Å²) >= 11 is 1.20. The molecule has 25 heavy (non-hydrogen) atoms. The summed E-state index contributed by atoms with van der Waals surface area (Å²) in [4.78, 5) is 35.3. The summed E-state index contributed by atoms with van der Waals surface area (Å²) < 4.78 is 5.09. The molecule has 0 saturated carbocycles. The molecule has 0 aromatic carbocycles. The maximum Gasteiger partial charge on any atom is 0.348 e. The topological polar surface area (TPSA) is 87.3 Å². The van der Waals surface area contributed by atoms with Gasteiger partial charge in [-0.25, -0.2) is 9.78 Å². The summed E-state index contributed by atoms with van der Waals surface area (Å²) in [6, 6.07) is 0.416. The number of carbonyl (C=O) groups excluding carboxylic acids is 1. The lowest BCUT2D eigenvalue weighted by Gasteiger charge is -2.31. The normalized spacial score (nSPS) is 18.4. The lowest BCUT2D eigenvalue weighted by atomic mass is 10.2. The number of aromatic amines is 1. The van der Waals surface area contributed by atoms with Crippen molar-refractivity contribution in [2.24, 2.45) is 0 Å². The number of nitrogens with zero attached hydrogens (tertiary/aromatic N) is 2. The van der Waals surface area contributed by atoms with Gasteiger partial charge in [0, 0.05) is 25.7 Å². The molecule has 0 aliphatic carbocycles. The van der Waals surface area contributed by atoms with Gasteiger partial charge in [-0.15, -0.1) is 11.3 Å². The van der Waals surface area contributed by atoms with Gasteiger partial charge in [0.1, 0.15) is 22.1 Å². The summed E-state index contributed by atoms with van der Waals surface area (Å²) in [7, 11) is 0. The zero-order valence-corrected chi connectivity index (χ0v) is 15.2. The average Bonchev–Trinajstić information content (AvgIpc) is 2.90. The van der Waals surface area contributed by atoms with Crippen LogP contribution in [-0.4, -0.2) is 53.1 Å². The number of aromatic nitrogens is 2. The van der Waals surface area contributed by atoms with Crippen LogP contribution in [0.15, 0.2) is 17.4 Å². The summed E-state index contributed by atoms with van der Waals surface area (Å²) in [6.07, 6.45) is 1.51. The molecule has 7 nitrogen and oxygen atoms in total. The number of fused-ring (bicyclic) bond motifs is 1. The van der Waals surface area contributed by atoms with E-state index in [2.05, 4.69) is 33.7 Å². The Labute approximate surface area is 149 Å². The highest BCUT2D eigenvalue weighted by atomic mass is 32.1. The molecule has 0 unspecified atom stereocenters. The van der Waals surface area contributed by atoms with Gasteiger partial charge in [0.15, 0.2) is 0 Å². The molecule has 2 N–H and O–H groups in total. The summed E-state index contributed by atoms with van der Waals surface area (Å²) in [5.74, 6) is 0.177. The first-order chi connectivity index (χ1) is 12.0. The number of hydrogen-bond donors (Lipinski definition) is 2. The van der Waals surface area contributed by atoms with Crippen molar-refractivity contribution in [1.29, 1.82) is 0 Å². The first-order valence-corrected chi connectivity index (χ1v) is 9.07. The SMILES string of the molecule is C=CCOC(=O)c1sc2nc(CN3CCN[C@H](C)C3)[nH]c(=O)c2c1C. The number of nitrogens with one attached hydrogen (secondary N) is 2. The molecule has 0 bridgehead atoms. The van der Waals surface area contributed by atoms with Gasteiger partial charge < -0.3 is 15.0 Å². The van der Waals surface area contributed by atoms with Gasteiger partial charge in [-0.05, 0) is 19.4 Å². The Balaban J connectivity index is 1.89. The third-order valence-corrected chi connectivity index (χ3v) is 5.36. The number of aryl methyl sites for hydroxylation is 1. The van der Waals surface area contributed by atoms with Crippen LogP contribution in [0, 0.1) is 6.92 Å². The van der Waals surface area contributed by atoms with Crippen molar-refractivity contribution in [3.63, 3.8) is 0 Å². The van der Waals surface area contributed by atoms with E-state index >= 15 is 0 Å². The number of H-pyrrole nitrogens is 1. The molecular formula is C17H22N4O3S. The molecule has 1 saturated heterocycles. The Bertz CT molecular complexity index is 857. The van der Waals surface area contributed by atoms with E-state index in [0.29, 0.717) is 39.1 Å². The van der Waals surface area contributed by atoms with Crippen LogP contribution in [0.4, 0.5) is 0 Å². The Morgan fingerprint density at radius 2 is 2.36 bits per heavy atom. The molecule has 1 aliphatic heterocycles. The smallest absolute Gasteiger partial charge is 0.348 e. The highest BCUT2D eigenvalue weighted by molar-refractivity contribution is 7.20. The van der Waals surface area contributed by atoms with Crippen molar-refractivity contribution in [2.75, 3.05) is 26.2 Å². The van der Waals surface area contributed by atoms with Gasteiger partial charge in [-0.1, -0.05) is 12.7 Å². The van der Waals surface area contributed by atoms with Crippen LogP contribution in [0.2, 0.25) is 0 Å². The fourth-order valence-electron chi connectivity index (χ4n) is 3.03. The summed E-state index contributed by atoms with van der Waals surface area (Å²) in [5, 5.41) is 3.85. The molecule has 8 heteroatoms. The Morgan fingerprint density at radius 3 is 3.08 bits per heavy atom. The van der Waals surface area contributed by atoms with E-state index in [1.54, 1.807) is 6.92 Å². The van der Waals surface area contributed by atoms with Crippen LogP contribution in [0.5, 0.6) is 0 Å². The standard InChI is InChI=1S/C17H22N4O3S/c1-4-7-24-17(23)14-11(3)13-15(22)19-12(20-16(13)25-14)9-21-6-5-18-10(2)8-21/h4,10,18H,1,5-9H2,2-3H3,(H,19,20,22)/t10-/m1/s1. The molecule has 0 amide bonds. The number of rotatable bonds is 5. The third kappa shape index (κ3) is 3.81. The maximum atomic E-state index is 12.5. The van der Waals surface area contributed by atoms with Crippen molar-refractivity contribution in [2.45, 2.75) is 26.4 Å². The minimum atomic E-state index is -0.447. The summed E-state index contributed by atoms with van der Waals surface area (Å²) in [6.45, 7) is 10.9. The molecule has 0 radical (unpaired) electrons. The lowest BCUT2D eigenvalue weighted by Crippen LogP contribution is -2.48. The monoisotopic (exact) mass is 362 g/mol. The van der Waals surface area contributed by atoms with Crippen molar-refractivity contribution in [1.82, 2.24) is 20.2 Å². The second-order valence-corrected chi connectivity index (χ2v) is 7.23. The lowest BCUT2D eigenvalue weighted by molar-refractivity contribution is 0.0555. The van der Waals surface area contributed by atoms with Gasteiger partial charge in [0.05, 0.1) is 11.9 Å². The molecule has 3 rings (SSSR count). The number of carbonyl (C=O) groups is 1. The van der Waals surface area contributed by atoms with Crippen molar-refractivity contribution in [3.8, 4) is 0 Å². The molecule has 134 valence electrons. The largest absolute Gasteiger partial charge is 0.457 e. The Kier molecular flexibility index (Phi) is 5.31. The zero-order valence-electron chi connectivity index (χ0n) is 14.4. The molecule has 2 aromatic rings. The van der Waals surface area contributed by atoms with E-state index in [1.165, 1.54) is 17.4 Å². The number of esters is 1. The molecule has 2 aromatic heterocycles. The minimum Gasteiger partial charge on any atom is -0.457 e. The Morgan fingerprint density at radius 1 is 1.56 bits per heavy atom. The molecular weight excluding hydrogens is 340 g/mol. The Hall–Kier alpha value is -2.03. The van der Waals surface area contributed by atoms with E-state index in [9.17, 15) is 9.59 Å². The number of ether oxygens (including phenoxy) is 1. The number of piperazine rings is 1. The first kappa shape index (κ1) is 17.8. The van der Waals surface area contributed by atoms with Gasteiger partial charge in [-0.3, -0.25) is 9.69 Å². The van der Waals surface area contributed by atoms with E-state index in [0.717, 1.165) is 19.6 Å². The third-order valence-electron chi connectivity index (χ3n) is 4.19. The molecule has 1 atom stereocenters. The van der Waals surface area contributed by atoms with Gasteiger partial charge in [-0.2, -0.15) is 0 Å². The molecule has 1 fully saturated rings. The zero-order chi connectivity index (χ0) is 18.0. The maximum absolute atomic E-state index is 12.5. The quantitative estimate of drug-likeness (QED) is 0.618. The number of thiophene rings is 1. The predicted molar refractivity (Wildman–Crippen MR) is 98.2 cm³/mol. The van der Waals surface area contributed by atoms with Crippen LogP contribution in [-0.2, 0) is 11.3 Å². The van der Waals surface area contributed by atoms with Crippen LogP contribution in [0.25, 0.3) is 10.2 Å². The van der Waals surface area contributed by atoms with Gasteiger partial charge in [0.25, 0.3) is 5.56 Å². The number of hydrogen-bond acceptors (Lipinski definition) is 7. The van der Waals surface area contributed by atoms with Crippen molar-refractivity contribution < 1.29 is 9.53 Å². The fourth-order valence-corrected chi connectivity index (χ4v) is 4.12. The molecule has 3 heterocycles. The van der Waals surface area contributed by atoms with Crippen LogP contribution in [0.1, 0.15) is 28.0 Å². The first-order valence-electron chi connectivity index (χ1n) is 8.25. The molecule has 0 spiro atoms. The van der Waals surface area contributed by atoms with Gasteiger partial charge >= 0.3 is 5.97 Å².